The van der Waals surface area contributed by atoms with Crippen molar-refractivity contribution in [2.75, 3.05) is 12.3 Å². The zero-order chi connectivity index (χ0) is 16.6. The van der Waals surface area contributed by atoms with Gasteiger partial charge < -0.3 is 9.67 Å². The predicted molar refractivity (Wildman–Crippen MR) is 99.3 cm³/mol. The van der Waals surface area contributed by atoms with Gasteiger partial charge in [-0.1, -0.05) is 60.7 Å². The van der Waals surface area contributed by atoms with Crippen molar-refractivity contribution in [1.29, 1.82) is 0 Å². The fourth-order valence-corrected chi connectivity index (χ4v) is 8.37. The van der Waals surface area contributed by atoms with Crippen molar-refractivity contribution in [1.82, 2.24) is 0 Å². The molecule has 1 heterocycles. The van der Waals surface area contributed by atoms with Crippen LogP contribution >= 0.6 is 7.14 Å². The summed E-state index contributed by atoms with van der Waals surface area (Å²) in [6.45, 7) is 0. The normalized spacial score (nSPS) is 35.5. The molecule has 4 rings (SSSR count). The van der Waals surface area contributed by atoms with E-state index in [0.29, 0.717) is 18.2 Å². The Morgan fingerprint density at radius 1 is 0.875 bits per heavy atom. The van der Waals surface area contributed by atoms with Gasteiger partial charge in [-0.2, -0.15) is 0 Å². The molecule has 1 aliphatic carbocycles. The number of aliphatic hydroxyl groups excluding tert-OH is 1. The van der Waals surface area contributed by atoms with Gasteiger partial charge in [-0.05, 0) is 42.6 Å². The van der Waals surface area contributed by atoms with Gasteiger partial charge in [0.15, 0.2) is 0 Å². The molecule has 2 unspecified atom stereocenters. The standard InChI is InChI=1S/C21H25O2P/c22-21-18-12-17(11-16-7-3-1-4-8-16)13-19(21)15-24(23,14-18)20-9-5-2-6-10-20/h1-10,17-19,21-22H,11-15H2. The molecule has 0 spiro atoms. The molecule has 1 N–H and O–H groups in total. The Bertz CT molecular complexity index is 708. The van der Waals surface area contributed by atoms with Gasteiger partial charge in [-0.15, -0.1) is 0 Å². The third kappa shape index (κ3) is 3.10. The van der Waals surface area contributed by atoms with E-state index >= 15 is 0 Å². The number of fused-ring (bicyclic) bond motifs is 2. The fourth-order valence-electron chi connectivity index (χ4n) is 4.84. The molecule has 0 aromatic heterocycles. The van der Waals surface area contributed by atoms with Crippen molar-refractivity contribution >= 4 is 12.4 Å². The first kappa shape index (κ1) is 16.1. The lowest BCUT2D eigenvalue weighted by Gasteiger charge is -2.46. The molecule has 2 aromatic carbocycles. The van der Waals surface area contributed by atoms with Crippen molar-refractivity contribution in [3.8, 4) is 0 Å². The zero-order valence-electron chi connectivity index (χ0n) is 13.9. The molecule has 2 aliphatic rings. The summed E-state index contributed by atoms with van der Waals surface area (Å²) in [5, 5.41) is 11.6. The molecular weight excluding hydrogens is 315 g/mol. The van der Waals surface area contributed by atoms with E-state index in [1.807, 2.05) is 30.3 Å². The highest BCUT2D eigenvalue weighted by atomic mass is 31.2. The second-order valence-electron chi connectivity index (χ2n) is 7.63. The largest absolute Gasteiger partial charge is 0.393 e. The van der Waals surface area contributed by atoms with E-state index in [0.717, 1.165) is 24.6 Å². The topological polar surface area (TPSA) is 37.3 Å². The minimum atomic E-state index is -2.35. The summed E-state index contributed by atoms with van der Waals surface area (Å²) >= 11 is 0. The van der Waals surface area contributed by atoms with Crippen molar-refractivity contribution in [3.63, 3.8) is 0 Å². The predicted octanol–water partition coefficient (Wildman–Crippen LogP) is 3.93. The molecule has 126 valence electrons. The lowest BCUT2D eigenvalue weighted by atomic mass is 9.72. The highest BCUT2D eigenvalue weighted by Gasteiger charge is 2.47. The van der Waals surface area contributed by atoms with Crippen LogP contribution in [0.25, 0.3) is 0 Å². The number of hydrogen-bond acceptors (Lipinski definition) is 2. The van der Waals surface area contributed by atoms with Crippen molar-refractivity contribution in [2.24, 2.45) is 17.8 Å². The molecule has 1 saturated carbocycles. The molecule has 3 heteroatoms. The fraction of sp³-hybridized carbons (Fsp3) is 0.429. The Hall–Kier alpha value is -1.37. The minimum absolute atomic E-state index is 0.192. The summed E-state index contributed by atoms with van der Waals surface area (Å²) < 4.78 is 13.5. The zero-order valence-corrected chi connectivity index (χ0v) is 14.8. The van der Waals surface area contributed by atoms with E-state index < -0.39 is 7.14 Å². The van der Waals surface area contributed by atoms with Gasteiger partial charge >= 0.3 is 0 Å². The van der Waals surface area contributed by atoms with Crippen LogP contribution in [0.3, 0.4) is 0 Å². The van der Waals surface area contributed by atoms with Gasteiger partial charge in [0.05, 0.1) is 6.10 Å². The summed E-state index contributed by atoms with van der Waals surface area (Å²) in [5.41, 5.74) is 1.38. The van der Waals surface area contributed by atoms with E-state index in [2.05, 4.69) is 30.3 Å². The van der Waals surface area contributed by atoms with Gasteiger partial charge in [-0.3, -0.25) is 0 Å². The Labute approximate surface area is 144 Å². The lowest BCUT2D eigenvalue weighted by Crippen LogP contribution is -2.46. The molecule has 2 atom stereocenters. The maximum Gasteiger partial charge on any atom is 0.116 e. The Balaban J connectivity index is 1.52. The molecule has 2 nitrogen and oxygen atoms in total. The molecule has 1 saturated heterocycles. The smallest absolute Gasteiger partial charge is 0.116 e. The van der Waals surface area contributed by atoms with Crippen LogP contribution in [-0.4, -0.2) is 23.5 Å². The second kappa shape index (κ2) is 6.50. The number of aliphatic hydroxyl groups is 1. The maximum absolute atomic E-state index is 13.5. The monoisotopic (exact) mass is 340 g/mol. The number of hydrogen-bond donors (Lipinski definition) is 1. The average Bonchev–Trinajstić information content (AvgIpc) is 2.59. The van der Waals surface area contributed by atoms with Crippen LogP contribution in [0.2, 0.25) is 0 Å². The summed E-state index contributed by atoms with van der Waals surface area (Å²) in [7, 11) is -2.35. The first-order chi connectivity index (χ1) is 11.6. The van der Waals surface area contributed by atoms with Gasteiger partial charge in [0.2, 0.25) is 0 Å². The van der Waals surface area contributed by atoms with Crippen molar-refractivity contribution < 1.29 is 9.67 Å². The molecular formula is C21H25O2P. The average molecular weight is 340 g/mol. The summed E-state index contributed by atoms with van der Waals surface area (Å²) in [6.07, 6.45) is 4.19. The van der Waals surface area contributed by atoms with Crippen LogP contribution in [0.5, 0.6) is 0 Å². The van der Waals surface area contributed by atoms with Gasteiger partial charge in [0.1, 0.15) is 7.14 Å². The highest BCUT2D eigenvalue weighted by molar-refractivity contribution is 7.71. The summed E-state index contributed by atoms with van der Waals surface area (Å²) in [5.74, 6) is 0.991. The Morgan fingerprint density at radius 2 is 1.42 bits per heavy atom. The molecule has 2 bridgehead atoms. The van der Waals surface area contributed by atoms with Crippen LogP contribution in [0.4, 0.5) is 0 Å². The Kier molecular flexibility index (Phi) is 4.37. The number of rotatable bonds is 3. The van der Waals surface area contributed by atoms with Crippen LogP contribution in [0, 0.1) is 17.8 Å². The lowest BCUT2D eigenvalue weighted by molar-refractivity contribution is 0.00798. The van der Waals surface area contributed by atoms with Gasteiger partial charge in [-0.25, -0.2) is 0 Å². The van der Waals surface area contributed by atoms with Crippen LogP contribution in [0.1, 0.15) is 18.4 Å². The third-order valence-corrected chi connectivity index (χ3v) is 9.25. The van der Waals surface area contributed by atoms with E-state index in [1.54, 1.807) is 0 Å². The van der Waals surface area contributed by atoms with Gasteiger partial charge in [0.25, 0.3) is 0 Å². The maximum atomic E-state index is 13.5. The van der Waals surface area contributed by atoms with E-state index in [9.17, 15) is 9.67 Å². The third-order valence-electron chi connectivity index (χ3n) is 5.89. The van der Waals surface area contributed by atoms with Crippen LogP contribution < -0.4 is 5.30 Å². The molecule has 2 fully saturated rings. The Morgan fingerprint density at radius 3 is 2.00 bits per heavy atom. The molecule has 0 radical (unpaired) electrons. The first-order valence-corrected chi connectivity index (χ1v) is 11.1. The molecule has 1 aliphatic heterocycles. The van der Waals surface area contributed by atoms with E-state index in [-0.39, 0.29) is 17.9 Å². The first-order valence-electron chi connectivity index (χ1n) is 9.00. The highest BCUT2D eigenvalue weighted by Crippen LogP contribution is 2.57. The minimum Gasteiger partial charge on any atom is -0.393 e. The van der Waals surface area contributed by atoms with Crippen LogP contribution in [-0.2, 0) is 11.0 Å². The van der Waals surface area contributed by atoms with Crippen molar-refractivity contribution in [2.45, 2.75) is 25.4 Å². The summed E-state index contributed by atoms with van der Waals surface area (Å²) in [6, 6.07) is 20.6. The quantitative estimate of drug-likeness (QED) is 0.860. The van der Waals surface area contributed by atoms with Crippen LogP contribution in [0.15, 0.2) is 60.7 Å². The SMILES string of the molecule is O=P1(c2ccccc2)CC2CC(Cc3ccccc3)CC(C1)C2O. The second-order valence-corrected chi connectivity index (χ2v) is 10.7. The van der Waals surface area contributed by atoms with Crippen molar-refractivity contribution in [3.05, 3.63) is 66.2 Å². The molecule has 24 heavy (non-hydrogen) atoms. The van der Waals surface area contributed by atoms with Gasteiger partial charge in [0, 0.05) is 17.6 Å². The van der Waals surface area contributed by atoms with E-state index in [4.69, 9.17) is 0 Å². The molecule has 2 aromatic rings. The molecule has 0 amide bonds. The number of benzene rings is 2. The summed E-state index contributed by atoms with van der Waals surface area (Å²) in [4.78, 5) is 0. The van der Waals surface area contributed by atoms with E-state index in [1.165, 1.54) is 5.56 Å².